The molecule has 0 saturated heterocycles. The van der Waals surface area contributed by atoms with Crippen LogP contribution >= 0.6 is 15.9 Å². The Bertz CT molecular complexity index is 589. The van der Waals surface area contributed by atoms with Crippen LogP contribution in [0.4, 0.5) is 4.79 Å². The van der Waals surface area contributed by atoms with Crippen LogP contribution in [0.1, 0.15) is 18.1 Å². The first-order valence-electron chi connectivity index (χ1n) is 6.82. The van der Waals surface area contributed by atoms with Gasteiger partial charge in [-0.25, -0.2) is 4.79 Å². The van der Waals surface area contributed by atoms with E-state index in [1.54, 1.807) is 12.4 Å². The molecule has 1 atom stereocenters. The first-order chi connectivity index (χ1) is 10.1. The molecule has 0 aliphatic heterocycles. The van der Waals surface area contributed by atoms with Gasteiger partial charge in [0.1, 0.15) is 0 Å². The third-order valence-corrected chi connectivity index (χ3v) is 3.81. The van der Waals surface area contributed by atoms with E-state index in [-0.39, 0.29) is 12.1 Å². The van der Waals surface area contributed by atoms with Gasteiger partial charge in [-0.05, 0) is 36.6 Å². The standard InChI is InChI=1S/C16H18BrN3O/c1-12(9-14-6-2-3-7-15(14)17)20-16(21)19-11-13-5-4-8-18-10-13/h2-8,10,12H,9,11H2,1H3,(H2,19,20,21)/t12-/m1/s1. The molecule has 2 aromatic rings. The molecule has 0 spiro atoms. The van der Waals surface area contributed by atoms with Gasteiger partial charge in [-0.3, -0.25) is 4.98 Å². The number of aromatic nitrogens is 1. The Balaban J connectivity index is 1.78. The number of nitrogens with one attached hydrogen (secondary N) is 2. The highest BCUT2D eigenvalue weighted by Crippen LogP contribution is 2.17. The number of hydrogen-bond donors (Lipinski definition) is 2. The minimum atomic E-state index is -0.168. The minimum absolute atomic E-state index is 0.0533. The summed E-state index contributed by atoms with van der Waals surface area (Å²) >= 11 is 3.52. The second kappa shape index (κ2) is 7.78. The number of pyridine rings is 1. The number of carbonyl (C=O) groups excluding carboxylic acids is 1. The fraction of sp³-hybridized carbons (Fsp3) is 0.250. The molecule has 2 rings (SSSR count). The summed E-state index contributed by atoms with van der Waals surface area (Å²) in [5.41, 5.74) is 2.16. The maximum Gasteiger partial charge on any atom is 0.315 e. The van der Waals surface area contributed by atoms with Crippen molar-refractivity contribution in [1.29, 1.82) is 0 Å². The number of urea groups is 1. The van der Waals surface area contributed by atoms with E-state index in [1.807, 2.05) is 37.3 Å². The van der Waals surface area contributed by atoms with E-state index in [0.29, 0.717) is 6.54 Å². The summed E-state index contributed by atoms with van der Waals surface area (Å²) in [6, 6.07) is 11.7. The van der Waals surface area contributed by atoms with Crippen molar-refractivity contribution in [3.8, 4) is 0 Å². The average Bonchev–Trinajstić information content (AvgIpc) is 2.48. The first-order valence-corrected chi connectivity index (χ1v) is 7.61. The molecule has 1 heterocycles. The van der Waals surface area contributed by atoms with E-state index in [1.165, 1.54) is 5.56 Å². The van der Waals surface area contributed by atoms with Crippen LogP contribution in [-0.2, 0) is 13.0 Å². The molecule has 0 unspecified atom stereocenters. The highest BCUT2D eigenvalue weighted by atomic mass is 79.9. The lowest BCUT2D eigenvalue weighted by atomic mass is 10.1. The smallest absolute Gasteiger partial charge is 0.315 e. The largest absolute Gasteiger partial charge is 0.335 e. The van der Waals surface area contributed by atoms with Crippen molar-refractivity contribution in [1.82, 2.24) is 15.6 Å². The fourth-order valence-corrected chi connectivity index (χ4v) is 2.45. The molecule has 5 heteroatoms. The Hall–Kier alpha value is -1.88. The zero-order chi connectivity index (χ0) is 15.1. The maximum absolute atomic E-state index is 11.8. The molecule has 0 aliphatic rings. The van der Waals surface area contributed by atoms with Gasteiger partial charge in [-0.1, -0.05) is 40.2 Å². The second-order valence-electron chi connectivity index (χ2n) is 4.88. The van der Waals surface area contributed by atoms with Gasteiger partial charge >= 0.3 is 6.03 Å². The SMILES string of the molecule is C[C@H](Cc1ccccc1Br)NC(=O)NCc1cccnc1. The van der Waals surface area contributed by atoms with Crippen LogP contribution in [0.3, 0.4) is 0 Å². The number of halogens is 1. The monoisotopic (exact) mass is 347 g/mol. The van der Waals surface area contributed by atoms with E-state index in [9.17, 15) is 4.79 Å². The number of carbonyl (C=O) groups is 1. The molecule has 2 amide bonds. The number of amides is 2. The zero-order valence-corrected chi connectivity index (χ0v) is 13.4. The fourth-order valence-electron chi connectivity index (χ4n) is 2.00. The van der Waals surface area contributed by atoms with Crippen LogP contribution in [0.15, 0.2) is 53.3 Å². The van der Waals surface area contributed by atoms with E-state index in [2.05, 4.69) is 37.6 Å². The lowest BCUT2D eigenvalue weighted by Crippen LogP contribution is -2.41. The minimum Gasteiger partial charge on any atom is -0.335 e. The molecule has 1 aromatic heterocycles. The quantitative estimate of drug-likeness (QED) is 0.871. The summed E-state index contributed by atoms with van der Waals surface area (Å²) in [4.78, 5) is 15.9. The average molecular weight is 348 g/mol. The summed E-state index contributed by atoms with van der Waals surface area (Å²) in [6.07, 6.45) is 4.23. The summed E-state index contributed by atoms with van der Waals surface area (Å²) < 4.78 is 1.06. The van der Waals surface area contributed by atoms with Crippen LogP contribution in [0.2, 0.25) is 0 Å². The van der Waals surface area contributed by atoms with Crippen LogP contribution in [0.25, 0.3) is 0 Å². The van der Waals surface area contributed by atoms with Crippen molar-refractivity contribution < 1.29 is 4.79 Å². The van der Waals surface area contributed by atoms with Crippen LogP contribution in [-0.4, -0.2) is 17.1 Å². The third kappa shape index (κ3) is 5.19. The van der Waals surface area contributed by atoms with Crippen LogP contribution in [0, 0.1) is 0 Å². The molecule has 2 N–H and O–H groups in total. The Kier molecular flexibility index (Phi) is 5.75. The predicted molar refractivity (Wildman–Crippen MR) is 86.9 cm³/mol. The molecular weight excluding hydrogens is 330 g/mol. The van der Waals surface area contributed by atoms with Gasteiger partial charge < -0.3 is 10.6 Å². The van der Waals surface area contributed by atoms with Crippen molar-refractivity contribution in [2.45, 2.75) is 25.9 Å². The molecule has 0 radical (unpaired) electrons. The third-order valence-electron chi connectivity index (χ3n) is 3.04. The highest BCUT2D eigenvalue weighted by molar-refractivity contribution is 9.10. The number of nitrogens with zero attached hydrogens (tertiary/aromatic N) is 1. The predicted octanol–water partition coefficient (Wildman–Crippen LogP) is 3.27. The molecule has 4 nitrogen and oxygen atoms in total. The Morgan fingerprint density at radius 2 is 2.10 bits per heavy atom. The van der Waals surface area contributed by atoms with Crippen molar-refractivity contribution in [2.75, 3.05) is 0 Å². The summed E-state index contributed by atoms with van der Waals surface area (Å²) in [5.74, 6) is 0. The van der Waals surface area contributed by atoms with E-state index >= 15 is 0 Å². The molecule has 0 fully saturated rings. The van der Waals surface area contributed by atoms with Gasteiger partial charge in [0, 0.05) is 29.5 Å². The first kappa shape index (κ1) is 15.5. The van der Waals surface area contributed by atoms with E-state index in [0.717, 1.165) is 16.5 Å². The zero-order valence-electron chi connectivity index (χ0n) is 11.8. The van der Waals surface area contributed by atoms with Crippen molar-refractivity contribution in [3.05, 3.63) is 64.4 Å². The lowest BCUT2D eigenvalue weighted by molar-refractivity contribution is 0.237. The Morgan fingerprint density at radius 1 is 1.29 bits per heavy atom. The van der Waals surface area contributed by atoms with Gasteiger partial charge in [0.05, 0.1) is 0 Å². The molecule has 1 aromatic carbocycles. The van der Waals surface area contributed by atoms with Gasteiger partial charge in [-0.2, -0.15) is 0 Å². The van der Waals surface area contributed by atoms with Gasteiger partial charge in [0.2, 0.25) is 0 Å². The molecule has 0 saturated carbocycles. The summed E-state index contributed by atoms with van der Waals surface area (Å²) in [7, 11) is 0. The number of rotatable bonds is 5. The normalized spacial score (nSPS) is 11.7. The Labute approximate surface area is 133 Å². The van der Waals surface area contributed by atoms with Crippen molar-refractivity contribution >= 4 is 22.0 Å². The summed E-state index contributed by atoms with van der Waals surface area (Å²) in [6.45, 7) is 2.46. The van der Waals surface area contributed by atoms with Gasteiger partial charge in [0.25, 0.3) is 0 Å². The lowest BCUT2D eigenvalue weighted by Gasteiger charge is -2.15. The second-order valence-corrected chi connectivity index (χ2v) is 5.74. The van der Waals surface area contributed by atoms with Crippen LogP contribution in [0.5, 0.6) is 0 Å². The van der Waals surface area contributed by atoms with Crippen molar-refractivity contribution in [3.63, 3.8) is 0 Å². The molecule has 110 valence electrons. The topological polar surface area (TPSA) is 54.0 Å². The number of hydrogen-bond acceptors (Lipinski definition) is 2. The molecule has 0 aliphatic carbocycles. The van der Waals surface area contributed by atoms with E-state index < -0.39 is 0 Å². The summed E-state index contributed by atoms with van der Waals surface area (Å²) in [5, 5.41) is 5.76. The van der Waals surface area contributed by atoms with Gasteiger partial charge in [0.15, 0.2) is 0 Å². The molecule has 0 bridgehead atoms. The van der Waals surface area contributed by atoms with E-state index in [4.69, 9.17) is 0 Å². The number of benzene rings is 1. The van der Waals surface area contributed by atoms with Gasteiger partial charge in [-0.15, -0.1) is 0 Å². The Morgan fingerprint density at radius 3 is 2.81 bits per heavy atom. The van der Waals surface area contributed by atoms with Crippen LogP contribution < -0.4 is 10.6 Å². The molecular formula is C16H18BrN3O. The molecule has 21 heavy (non-hydrogen) atoms. The van der Waals surface area contributed by atoms with Crippen molar-refractivity contribution in [2.24, 2.45) is 0 Å². The maximum atomic E-state index is 11.8. The highest BCUT2D eigenvalue weighted by Gasteiger charge is 2.09.